The van der Waals surface area contributed by atoms with E-state index in [-0.39, 0.29) is 40.6 Å². The van der Waals surface area contributed by atoms with Gasteiger partial charge >= 0.3 is 6.18 Å². The summed E-state index contributed by atoms with van der Waals surface area (Å²) in [6.07, 6.45) is -4.55. The number of allylic oxidation sites excluding steroid dienone is 1. The van der Waals surface area contributed by atoms with Crippen LogP contribution in [0.25, 0.3) is 11.1 Å². The molecular formula is C25H21F3O4. The minimum atomic E-state index is -4.69. The average molecular weight is 442 g/mol. The molecule has 4 rings (SSSR count). The summed E-state index contributed by atoms with van der Waals surface area (Å²) >= 11 is 0. The zero-order chi connectivity index (χ0) is 22.9. The number of halogens is 3. The van der Waals surface area contributed by atoms with E-state index in [0.29, 0.717) is 18.4 Å². The second kappa shape index (κ2) is 8.59. The Labute approximate surface area is 182 Å². The monoisotopic (exact) mass is 442 g/mol. The van der Waals surface area contributed by atoms with E-state index in [1.807, 2.05) is 0 Å². The van der Waals surface area contributed by atoms with Crippen molar-refractivity contribution in [2.45, 2.75) is 25.1 Å². The van der Waals surface area contributed by atoms with Gasteiger partial charge in [0.2, 0.25) is 0 Å². The highest BCUT2D eigenvalue weighted by Gasteiger charge is 2.44. The number of benzene rings is 3. The zero-order valence-electron chi connectivity index (χ0n) is 16.9. The Morgan fingerprint density at radius 1 is 0.844 bits per heavy atom. The molecule has 32 heavy (non-hydrogen) atoms. The highest BCUT2D eigenvalue weighted by Crippen LogP contribution is 2.52. The lowest BCUT2D eigenvalue weighted by Gasteiger charge is -2.33. The van der Waals surface area contributed by atoms with Crippen molar-refractivity contribution < 1.29 is 33.2 Å². The fourth-order valence-electron chi connectivity index (χ4n) is 3.90. The van der Waals surface area contributed by atoms with E-state index in [9.17, 15) is 23.4 Å². The van der Waals surface area contributed by atoms with Crippen LogP contribution < -0.4 is 4.74 Å². The van der Waals surface area contributed by atoms with Crippen LogP contribution in [-0.2, 0) is 6.42 Å². The predicted octanol–water partition coefficient (Wildman–Crippen LogP) is 5.63. The second-order valence-electron chi connectivity index (χ2n) is 7.58. The molecule has 0 aliphatic carbocycles. The lowest BCUT2D eigenvalue weighted by molar-refractivity contribution is -0.0695. The number of rotatable bonds is 5. The number of phenols is 2. The maximum Gasteiger partial charge on any atom is 0.417 e. The third-order valence-electron chi connectivity index (χ3n) is 5.38. The Morgan fingerprint density at radius 3 is 2.12 bits per heavy atom. The third-order valence-corrected chi connectivity index (χ3v) is 5.38. The molecule has 7 heteroatoms. The summed E-state index contributed by atoms with van der Waals surface area (Å²) in [5.41, 5.74) is 0.648. The van der Waals surface area contributed by atoms with E-state index in [4.69, 9.17) is 9.84 Å². The first-order chi connectivity index (χ1) is 15.3. The Bertz CT molecular complexity index is 1130. The highest BCUT2D eigenvalue weighted by atomic mass is 19.4. The van der Waals surface area contributed by atoms with Crippen molar-refractivity contribution in [2.75, 3.05) is 6.61 Å². The minimum absolute atomic E-state index is 0.0520. The molecule has 3 aromatic carbocycles. The molecule has 1 unspecified atom stereocenters. The Morgan fingerprint density at radius 2 is 1.50 bits per heavy atom. The molecule has 0 aromatic heterocycles. The van der Waals surface area contributed by atoms with E-state index in [1.165, 1.54) is 42.5 Å². The van der Waals surface area contributed by atoms with Gasteiger partial charge in [0.05, 0.1) is 5.57 Å². The lowest BCUT2D eigenvalue weighted by atomic mass is 9.84. The van der Waals surface area contributed by atoms with Crippen molar-refractivity contribution in [1.29, 1.82) is 0 Å². The normalized spacial score (nSPS) is 15.9. The number of ether oxygens (including phenoxy) is 1. The van der Waals surface area contributed by atoms with Gasteiger partial charge in [-0.2, -0.15) is 13.2 Å². The van der Waals surface area contributed by atoms with Gasteiger partial charge in [-0.15, -0.1) is 0 Å². The van der Waals surface area contributed by atoms with Crippen LogP contribution in [0.1, 0.15) is 34.8 Å². The van der Waals surface area contributed by atoms with Gasteiger partial charge < -0.3 is 20.1 Å². The molecule has 0 saturated carbocycles. The van der Waals surface area contributed by atoms with Gasteiger partial charge in [0.25, 0.3) is 0 Å². The summed E-state index contributed by atoms with van der Waals surface area (Å²) in [5.74, 6) is -0.319. The largest absolute Gasteiger partial charge is 0.508 e. The molecule has 0 fully saturated rings. The molecule has 3 aromatic rings. The van der Waals surface area contributed by atoms with Crippen LogP contribution in [0.15, 0.2) is 66.7 Å². The number of fused-ring (bicyclic) bond motifs is 1. The van der Waals surface area contributed by atoms with Crippen LogP contribution in [-0.4, -0.2) is 28.1 Å². The summed E-state index contributed by atoms with van der Waals surface area (Å²) in [6.45, 7) is 0.0520. The predicted molar refractivity (Wildman–Crippen MR) is 114 cm³/mol. The lowest BCUT2D eigenvalue weighted by Crippen LogP contribution is -2.23. The number of phenolic OH excluding ortho intramolecular Hbond substituents is 2. The number of hydrogen-bond donors (Lipinski definition) is 3. The molecule has 1 aliphatic heterocycles. The number of aliphatic hydroxyl groups is 1. The van der Waals surface area contributed by atoms with Crippen LogP contribution in [0.4, 0.5) is 13.2 Å². The Hall–Kier alpha value is -3.45. The average Bonchev–Trinajstić information content (AvgIpc) is 2.76. The van der Waals surface area contributed by atoms with Gasteiger partial charge in [-0.1, -0.05) is 36.4 Å². The summed E-state index contributed by atoms with van der Waals surface area (Å²) < 4.78 is 49.2. The molecule has 4 nitrogen and oxygen atoms in total. The Balaban J connectivity index is 1.92. The van der Waals surface area contributed by atoms with Gasteiger partial charge in [0.15, 0.2) is 6.10 Å². The number of aryl methyl sites for hydroxylation is 1. The van der Waals surface area contributed by atoms with Crippen LogP contribution in [0, 0.1) is 0 Å². The van der Waals surface area contributed by atoms with Crippen LogP contribution >= 0.6 is 0 Å². The summed E-state index contributed by atoms with van der Waals surface area (Å²) in [4.78, 5) is 0. The number of alkyl halides is 3. The molecule has 0 amide bonds. The topological polar surface area (TPSA) is 69.9 Å². The molecule has 1 atom stereocenters. The van der Waals surface area contributed by atoms with Gasteiger partial charge in [0, 0.05) is 23.8 Å². The van der Waals surface area contributed by atoms with Gasteiger partial charge in [-0.05, 0) is 53.8 Å². The molecule has 0 saturated heterocycles. The molecule has 166 valence electrons. The quantitative estimate of drug-likeness (QED) is 0.479. The van der Waals surface area contributed by atoms with Gasteiger partial charge in [-0.3, -0.25) is 0 Å². The van der Waals surface area contributed by atoms with E-state index in [0.717, 1.165) is 5.56 Å². The van der Waals surface area contributed by atoms with Crippen molar-refractivity contribution in [1.82, 2.24) is 0 Å². The van der Waals surface area contributed by atoms with Crippen molar-refractivity contribution in [3.8, 4) is 17.2 Å². The molecule has 0 bridgehead atoms. The van der Waals surface area contributed by atoms with E-state index in [2.05, 4.69) is 0 Å². The van der Waals surface area contributed by atoms with Crippen molar-refractivity contribution in [2.24, 2.45) is 0 Å². The Kier molecular flexibility index (Phi) is 5.84. The van der Waals surface area contributed by atoms with E-state index < -0.39 is 17.9 Å². The van der Waals surface area contributed by atoms with Crippen molar-refractivity contribution in [3.05, 3.63) is 89.0 Å². The van der Waals surface area contributed by atoms with Crippen molar-refractivity contribution in [3.63, 3.8) is 0 Å². The third kappa shape index (κ3) is 4.29. The van der Waals surface area contributed by atoms with E-state index >= 15 is 0 Å². The maximum atomic E-state index is 14.4. The van der Waals surface area contributed by atoms with Crippen molar-refractivity contribution >= 4 is 11.1 Å². The first kappa shape index (κ1) is 21.8. The standard InChI is InChI=1S/C25H21F3O4/c26-25(27,28)23-20-12-11-19(31)14-21(20)32-24(22(23)16-7-9-18(30)10-8-16)17-5-3-15(4-6-17)2-1-13-29/h3-12,14,24,29-31H,1-2,13H2. The summed E-state index contributed by atoms with van der Waals surface area (Å²) in [6, 6.07) is 16.1. The second-order valence-corrected chi connectivity index (χ2v) is 7.58. The maximum absolute atomic E-state index is 14.4. The fourth-order valence-corrected chi connectivity index (χ4v) is 3.90. The number of aliphatic hydroxyl groups excluding tert-OH is 1. The molecule has 0 radical (unpaired) electrons. The smallest absolute Gasteiger partial charge is 0.417 e. The molecule has 1 aliphatic rings. The SMILES string of the molecule is OCCCc1ccc(C2Oc3cc(O)ccc3C(C(F)(F)F)=C2c2ccc(O)cc2)cc1. The van der Waals surface area contributed by atoms with Gasteiger partial charge in [-0.25, -0.2) is 0 Å². The number of aromatic hydroxyl groups is 2. The van der Waals surface area contributed by atoms with Gasteiger partial charge in [0.1, 0.15) is 17.2 Å². The fraction of sp³-hybridized carbons (Fsp3) is 0.200. The van der Waals surface area contributed by atoms with Crippen LogP contribution in [0.2, 0.25) is 0 Å². The van der Waals surface area contributed by atoms with Crippen LogP contribution in [0.3, 0.4) is 0 Å². The molecule has 0 spiro atoms. The number of hydrogen-bond acceptors (Lipinski definition) is 4. The molecule has 1 heterocycles. The summed E-state index contributed by atoms with van der Waals surface area (Å²) in [5, 5.41) is 28.5. The minimum Gasteiger partial charge on any atom is -0.508 e. The van der Waals surface area contributed by atoms with Crippen LogP contribution in [0.5, 0.6) is 17.2 Å². The first-order valence-corrected chi connectivity index (χ1v) is 10.1. The summed E-state index contributed by atoms with van der Waals surface area (Å²) in [7, 11) is 0. The van der Waals surface area contributed by atoms with E-state index in [1.54, 1.807) is 24.3 Å². The molecule has 3 N–H and O–H groups in total. The highest BCUT2D eigenvalue weighted by molar-refractivity contribution is 5.98. The molecular weight excluding hydrogens is 421 g/mol. The first-order valence-electron chi connectivity index (χ1n) is 10.1. The zero-order valence-corrected chi connectivity index (χ0v) is 16.9.